The Balaban J connectivity index is 1.69. The van der Waals surface area contributed by atoms with Gasteiger partial charge in [-0.25, -0.2) is 8.42 Å². The fraction of sp³-hybridized carbons (Fsp3) is 0.542. The SMILES string of the molecule is COc1ccc(S(=O)(=O)N2CCN(CC(=O)c3cc(C)n(C(C)(C)C)c3C)CC2)c(OC)c1. The first-order valence-electron chi connectivity index (χ1n) is 11.1. The van der Waals surface area contributed by atoms with Crippen molar-refractivity contribution in [2.24, 2.45) is 0 Å². The average Bonchev–Trinajstić information content (AvgIpc) is 3.07. The number of rotatable bonds is 7. The van der Waals surface area contributed by atoms with Gasteiger partial charge in [0.15, 0.2) is 5.78 Å². The summed E-state index contributed by atoms with van der Waals surface area (Å²) in [6.45, 7) is 12.2. The molecule has 33 heavy (non-hydrogen) atoms. The lowest BCUT2D eigenvalue weighted by molar-refractivity contribution is 0.0901. The number of hydrogen-bond acceptors (Lipinski definition) is 6. The maximum absolute atomic E-state index is 13.2. The van der Waals surface area contributed by atoms with Gasteiger partial charge in [0.05, 0.1) is 20.8 Å². The van der Waals surface area contributed by atoms with Gasteiger partial charge in [0.2, 0.25) is 10.0 Å². The zero-order valence-electron chi connectivity index (χ0n) is 20.6. The molecule has 1 saturated heterocycles. The Bertz CT molecular complexity index is 1120. The number of Topliss-reactive ketones (excluding diaryl/α,β-unsaturated/α-hetero) is 1. The highest BCUT2D eigenvalue weighted by atomic mass is 32.2. The van der Waals surface area contributed by atoms with Crippen LogP contribution >= 0.6 is 0 Å². The molecule has 2 aromatic rings. The number of aryl methyl sites for hydroxylation is 1. The molecule has 1 aromatic carbocycles. The van der Waals surface area contributed by atoms with Crippen LogP contribution in [0.2, 0.25) is 0 Å². The molecule has 0 atom stereocenters. The molecule has 182 valence electrons. The Morgan fingerprint density at radius 2 is 1.64 bits per heavy atom. The molecule has 0 bridgehead atoms. The zero-order valence-corrected chi connectivity index (χ0v) is 21.5. The zero-order chi connectivity index (χ0) is 24.6. The van der Waals surface area contributed by atoms with E-state index in [1.54, 1.807) is 12.1 Å². The van der Waals surface area contributed by atoms with E-state index in [9.17, 15) is 13.2 Å². The van der Waals surface area contributed by atoms with Crippen molar-refractivity contribution in [2.75, 3.05) is 46.9 Å². The Kier molecular flexibility index (Phi) is 7.26. The second-order valence-corrected chi connectivity index (χ2v) is 11.3. The van der Waals surface area contributed by atoms with Gasteiger partial charge >= 0.3 is 0 Å². The molecule has 3 rings (SSSR count). The minimum Gasteiger partial charge on any atom is -0.497 e. The van der Waals surface area contributed by atoms with Crippen LogP contribution < -0.4 is 9.47 Å². The van der Waals surface area contributed by atoms with Gasteiger partial charge < -0.3 is 14.0 Å². The van der Waals surface area contributed by atoms with Gasteiger partial charge in [0.25, 0.3) is 0 Å². The number of aromatic nitrogens is 1. The number of hydrogen-bond donors (Lipinski definition) is 0. The molecule has 0 amide bonds. The number of carbonyl (C=O) groups excluding carboxylic acids is 1. The second kappa shape index (κ2) is 9.48. The van der Waals surface area contributed by atoms with Crippen LogP contribution in [-0.4, -0.2) is 74.9 Å². The van der Waals surface area contributed by atoms with Crippen molar-refractivity contribution in [2.45, 2.75) is 45.1 Å². The minimum atomic E-state index is -3.72. The van der Waals surface area contributed by atoms with Crippen molar-refractivity contribution in [1.29, 1.82) is 0 Å². The first kappa shape index (κ1) is 25.3. The standard InChI is InChI=1S/C24H35N3O5S/c1-17-14-20(18(2)27(17)24(3,4)5)21(28)16-25-10-12-26(13-11-25)33(29,30)23-9-8-19(31-6)15-22(23)32-7/h8-9,14-15H,10-13,16H2,1-7H3. The lowest BCUT2D eigenvalue weighted by atomic mass is 10.1. The summed E-state index contributed by atoms with van der Waals surface area (Å²) < 4.78 is 40.5. The molecule has 0 N–H and O–H groups in total. The van der Waals surface area contributed by atoms with Gasteiger partial charge in [-0.3, -0.25) is 9.69 Å². The molecule has 9 heteroatoms. The lowest BCUT2D eigenvalue weighted by Crippen LogP contribution is -2.49. The molecule has 0 radical (unpaired) electrons. The average molecular weight is 478 g/mol. The van der Waals surface area contributed by atoms with E-state index < -0.39 is 10.0 Å². The molecule has 1 aliphatic rings. The summed E-state index contributed by atoms with van der Waals surface area (Å²) >= 11 is 0. The van der Waals surface area contributed by atoms with Gasteiger partial charge in [0.1, 0.15) is 16.4 Å². The van der Waals surface area contributed by atoms with Crippen molar-refractivity contribution >= 4 is 15.8 Å². The topological polar surface area (TPSA) is 81.1 Å². The van der Waals surface area contributed by atoms with Gasteiger partial charge in [-0.2, -0.15) is 4.31 Å². The van der Waals surface area contributed by atoms with E-state index in [0.29, 0.717) is 31.9 Å². The Labute approximate surface area is 197 Å². The fourth-order valence-electron chi connectivity index (χ4n) is 4.62. The van der Waals surface area contributed by atoms with Crippen LogP contribution in [0.1, 0.15) is 42.5 Å². The number of carbonyl (C=O) groups is 1. The number of nitrogens with zero attached hydrogens (tertiary/aromatic N) is 3. The number of benzene rings is 1. The van der Waals surface area contributed by atoms with E-state index >= 15 is 0 Å². The maximum Gasteiger partial charge on any atom is 0.246 e. The van der Waals surface area contributed by atoms with Crippen LogP contribution in [0, 0.1) is 13.8 Å². The van der Waals surface area contributed by atoms with Crippen LogP contribution in [0.5, 0.6) is 11.5 Å². The fourth-order valence-corrected chi connectivity index (χ4v) is 6.18. The monoisotopic (exact) mass is 477 g/mol. The van der Waals surface area contributed by atoms with Crippen LogP contribution in [0.25, 0.3) is 0 Å². The number of methoxy groups -OCH3 is 2. The second-order valence-electron chi connectivity index (χ2n) is 9.41. The first-order valence-corrected chi connectivity index (χ1v) is 12.5. The van der Waals surface area contributed by atoms with Gasteiger partial charge in [-0.1, -0.05) is 0 Å². The summed E-state index contributed by atoms with van der Waals surface area (Å²) in [7, 11) is -0.765. The van der Waals surface area contributed by atoms with Gasteiger partial charge in [0, 0.05) is 54.7 Å². The highest BCUT2D eigenvalue weighted by molar-refractivity contribution is 7.89. The van der Waals surface area contributed by atoms with Crippen molar-refractivity contribution in [3.8, 4) is 11.5 Å². The lowest BCUT2D eigenvalue weighted by Gasteiger charge is -2.33. The molecule has 0 spiro atoms. The summed E-state index contributed by atoms with van der Waals surface area (Å²) in [6, 6.07) is 6.64. The third kappa shape index (κ3) is 5.10. The molecular weight excluding hydrogens is 442 g/mol. The van der Waals surface area contributed by atoms with Crippen LogP contribution in [0.15, 0.2) is 29.2 Å². The molecule has 0 aliphatic carbocycles. The number of ether oxygens (including phenoxy) is 2. The molecule has 0 saturated carbocycles. The highest BCUT2D eigenvalue weighted by Gasteiger charge is 2.32. The van der Waals surface area contributed by atoms with Crippen LogP contribution in [-0.2, 0) is 15.6 Å². The van der Waals surface area contributed by atoms with E-state index in [1.807, 2.05) is 24.8 Å². The van der Waals surface area contributed by atoms with E-state index in [4.69, 9.17) is 9.47 Å². The van der Waals surface area contributed by atoms with Crippen molar-refractivity contribution in [3.63, 3.8) is 0 Å². The van der Waals surface area contributed by atoms with E-state index in [2.05, 4.69) is 25.3 Å². The molecule has 1 fully saturated rings. The number of sulfonamides is 1. The van der Waals surface area contributed by atoms with Crippen molar-refractivity contribution in [3.05, 3.63) is 41.2 Å². The minimum absolute atomic E-state index is 0.0618. The predicted octanol–water partition coefficient (Wildman–Crippen LogP) is 3.07. The molecule has 1 aliphatic heterocycles. The molecule has 8 nitrogen and oxygen atoms in total. The Morgan fingerprint density at radius 1 is 1.00 bits per heavy atom. The summed E-state index contributed by atoms with van der Waals surface area (Å²) in [5, 5.41) is 0. The van der Waals surface area contributed by atoms with Gasteiger partial charge in [-0.15, -0.1) is 0 Å². The summed E-state index contributed by atoms with van der Waals surface area (Å²) in [5.41, 5.74) is 2.67. The van der Waals surface area contributed by atoms with E-state index in [-0.39, 0.29) is 28.5 Å². The van der Waals surface area contributed by atoms with Crippen LogP contribution in [0.4, 0.5) is 0 Å². The smallest absolute Gasteiger partial charge is 0.246 e. The summed E-state index contributed by atoms with van der Waals surface area (Å²) in [4.78, 5) is 15.2. The molecular formula is C24H35N3O5S. The molecule has 2 heterocycles. The number of piperazine rings is 1. The van der Waals surface area contributed by atoms with Crippen LogP contribution in [0.3, 0.4) is 0 Å². The summed E-state index contributed by atoms with van der Waals surface area (Å²) in [5.74, 6) is 0.841. The van der Waals surface area contributed by atoms with Crippen molar-refractivity contribution < 1.29 is 22.7 Å². The van der Waals surface area contributed by atoms with Crippen molar-refractivity contribution in [1.82, 2.24) is 13.8 Å². The molecule has 0 unspecified atom stereocenters. The third-order valence-corrected chi connectivity index (χ3v) is 8.03. The van der Waals surface area contributed by atoms with Gasteiger partial charge in [-0.05, 0) is 52.8 Å². The molecule has 1 aromatic heterocycles. The summed E-state index contributed by atoms with van der Waals surface area (Å²) in [6.07, 6.45) is 0. The predicted molar refractivity (Wildman–Crippen MR) is 128 cm³/mol. The maximum atomic E-state index is 13.2. The highest BCUT2D eigenvalue weighted by Crippen LogP contribution is 2.31. The Morgan fingerprint density at radius 3 is 2.15 bits per heavy atom. The largest absolute Gasteiger partial charge is 0.497 e. The normalized spacial score (nSPS) is 16.1. The third-order valence-electron chi connectivity index (χ3n) is 6.09. The van der Waals surface area contributed by atoms with E-state index in [0.717, 1.165) is 17.0 Å². The first-order chi connectivity index (χ1) is 15.4. The van der Waals surface area contributed by atoms with E-state index in [1.165, 1.54) is 24.6 Å². The Hall–Kier alpha value is -2.36. The quantitative estimate of drug-likeness (QED) is 0.570. The number of ketones is 1.